The van der Waals surface area contributed by atoms with Crippen molar-refractivity contribution in [3.8, 4) is 0 Å². The van der Waals surface area contributed by atoms with E-state index in [0.29, 0.717) is 6.73 Å². The lowest BCUT2D eigenvalue weighted by atomic mass is 10.3. The summed E-state index contributed by atoms with van der Waals surface area (Å²) in [4.78, 5) is 13.7. The highest BCUT2D eigenvalue weighted by atomic mass is 16.5. The lowest BCUT2D eigenvalue weighted by molar-refractivity contribution is -0.127. The van der Waals surface area contributed by atoms with Crippen LogP contribution in [0.2, 0.25) is 0 Å². The van der Waals surface area contributed by atoms with Crippen molar-refractivity contribution in [1.29, 1.82) is 0 Å². The van der Waals surface area contributed by atoms with Crippen molar-refractivity contribution < 1.29 is 9.53 Å². The molecule has 0 unspecified atom stereocenters. The van der Waals surface area contributed by atoms with Gasteiger partial charge in [-0.2, -0.15) is 0 Å². The number of carbonyl (C=O) groups is 1. The van der Waals surface area contributed by atoms with E-state index in [0.717, 1.165) is 13.1 Å². The number of rotatable bonds is 4. The zero-order chi connectivity index (χ0) is 9.68. The third-order valence-electron chi connectivity index (χ3n) is 2.46. The second kappa shape index (κ2) is 5.19. The molecule has 0 aliphatic carbocycles. The number of nitrogens with one attached hydrogen (secondary N) is 1. The Balaban J connectivity index is 2.28. The number of hydrogen-bond acceptors (Lipinski definition) is 3. The van der Waals surface area contributed by atoms with Crippen LogP contribution in [0.4, 0.5) is 0 Å². The van der Waals surface area contributed by atoms with Gasteiger partial charge >= 0.3 is 0 Å². The molecule has 13 heavy (non-hydrogen) atoms. The molecule has 1 aliphatic heterocycles. The lowest BCUT2D eigenvalue weighted by Gasteiger charge is -2.22. The predicted molar refractivity (Wildman–Crippen MR) is 50.3 cm³/mol. The zero-order valence-corrected chi connectivity index (χ0v) is 8.38. The number of nitrogens with zero attached hydrogens (tertiary/aromatic N) is 1. The van der Waals surface area contributed by atoms with Crippen LogP contribution in [-0.2, 0) is 9.53 Å². The molecular weight excluding hydrogens is 168 g/mol. The number of likely N-dealkylation sites (tertiary alicyclic amines) is 1. The van der Waals surface area contributed by atoms with Crippen molar-refractivity contribution in [2.45, 2.75) is 25.8 Å². The molecular formula is C9H18N2O2. The van der Waals surface area contributed by atoms with Crippen molar-refractivity contribution in [2.24, 2.45) is 0 Å². The van der Waals surface area contributed by atoms with Gasteiger partial charge in [0.15, 0.2) is 0 Å². The van der Waals surface area contributed by atoms with Gasteiger partial charge in [0.05, 0.1) is 6.04 Å². The first kappa shape index (κ1) is 10.5. The topological polar surface area (TPSA) is 41.6 Å². The van der Waals surface area contributed by atoms with Crippen LogP contribution >= 0.6 is 0 Å². The van der Waals surface area contributed by atoms with Crippen molar-refractivity contribution in [2.75, 3.05) is 26.9 Å². The minimum Gasteiger partial charge on any atom is -0.364 e. The van der Waals surface area contributed by atoms with Gasteiger partial charge in [0.1, 0.15) is 6.73 Å². The van der Waals surface area contributed by atoms with Gasteiger partial charge in [0.25, 0.3) is 0 Å². The first-order valence-corrected chi connectivity index (χ1v) is 4.76. The van der Waals surface area contributed by atoms with Gasteiger partial charge < -0.3 is 10.1 Å². The Labute approximate surface area is 79.2 Å². The summed E-state index contributed by atoms with van der Waals surface area (Å²) >= 11 is 0. The second-order valence-corrected chi connectivity index (χ2v) is 3.39. The number of methoxy groups -OCH3 is 1. The Morgan fingerprint density at radius 2 is 2.15 bits per heavy atom. The van der Waals surface area contributed by atoms with Crippen LogP contribution in [0.25, 0.3) is 0 Å². The van der Waals surface area contributed by atoms with Gasteiger partial charge in [-0.15, -0.1) is 0 Å². The summed E-state index contributed by atoms with van der Waals surface area (Å²) in [7, 11) is 1.57. The van der Waals surface area contributed by atoms with E-state index in [1.54, 1.807) is 7.11 Å². The molecule has 1 rings (SSSR count). The summed E-state index contributed by atoms with van der Waals surface area (Å²) in [6.07, 6.45) is 2.42. The molecule has 1 amide bonds. The molecule has 76 valence electrons. The third-order valence-corrected chi connectivity index (χ3v) is 2.46. The number of hydrogen-bond donors (Lipinski definition) is 1. The molecule has 1 aliphatic rings. The molecule has 4 heteroatoms. The molecule has 0 aromatic rings. The quantitative estimate of drug-likeness (QED) is 0.637. The molecule has 1 saturated heterocycles. The molecule has 1 heterocycles. The zero-order valence-electron chi connectivity index (χ0n) is 8.38. The molecule has 0 aromatic heterocycles. The normalized spacial score (nSPS) is 20.2. The van der Waals surface area contributed by atoms with Gasteiger partial charge in [-0.3, -0.25) is 9.69 Å². The fourth-order valence-corrected chi connectivity index (χ4v) is 1.59. The Morgan fingerprint density at radius 1 is 1.54 bits per heavy atom. The highest BCUT2D eigenvalue weighted by Gasteiger charge is 2.23. The van der Waals surface area contributed by atoms with Crippen LogP contribution < -0.4 is 5.32 Å². The Morgan fingerprint density at radius 3 is 2.69 bits per heavy atom. The standard InChI is InChI=1S/C9H18N2O2/c1-8(9(12)10-7-13-2)11-5-3-4-6-11/h8H,3-7H2,1-2H3,(H,10,12)/t8-/m0/s1. The molecule has 0 saturated carbocycles. The molecule has 0 radical (unpaired) electrons. The first-order valence-electron chi connectivity index (χ1n) is 4.76. The second-order valence-electron chi connectivity index (χ2n) is 3.39. The van der Waals surface area contributed by atoms with Crippen LogP contribution in [0.3, 0.4) is 0 Å². The fraction of sp³-hybridized carbons (Fsp3) is 0.889. The summed E-state index contributed by atoms with van der Waals surface area (Å²) in [5, 5.41) is 2.71. The van der Waals surface area contributed by atoms with E-state index < -0.39 is 0 Å². The van der Waals surface area contributed by atoms with Gasteiger partial charge in [-0.25, -0.2) is 0 Å². The molecule has 1 atom stereocenters. The maximum Gasteiger partial charge on any atom is 0.238 e. The van der Waals surface area contributed by atoms with Gasteiger partial charge in [-0.05, 0) is 32.9 Å². The van der Waals surface area contributed by atoms with Gasteiger partial charge in [0.2, 0.25) is 5.91 Å². The minimum atomic E-state index is -0.0161. The van der Waals surface area contributed by atoms with E-state index in [-0.39, 0.29) is 11.9 Å². The molecule has 1 fully saturated rings. The molecule has 0 spiro atoms. The van der Waals surface area contributed by atoms with Crippen molar-refractivity contribution in [1.82, 2.24) is 10.2 Å². The Kier molecular flexibility index (Phi) is 4.18. The highest BCUT2D eigenvalue weighted by molar-refractivity contribution is 5.81. The van der Waals surface area contributed by atoms with Crippen LogP contribution in [0.15, 0.2) is 0 Å². The Bertz CT molecular complexity index is 167. The van der Waals surface area contributed by atoms with E-state index >= 15 is 0 Å². The monoisotopic (exact) mass is 186 g/mol. The average molecular weight is 186 g/mol. The lowest BCUT2D eigenvalue weighted by Crippen LogP contribution is -2.44. The van der Waals surface area contributed by atoms with Crippen LogP contribution in [-0.4, -0.2) is 43.8 Å². The summed E-state index contributed by atoms with van der Waals surface area (Å²) in [5.41, 5.74) is 0. The van der Waals surface area contributed by atoms with Crippen molar-refractivity contribution in [3.05, 3.63) is 0 Å². The molecule has 4 nitrogen and oxygen atoms in total. The predicted octanol–water partition coefficient (Wildman–Crippen LogP) is 0.191. The SMILES string of the molecule is COCNC(=O)[C@H](C)N1CCCC1. The van der Waals surface area contributed by atoms with E-state index in [4.69, 9.17) is 4.74 Å². The molecule has 1 N–H and O–H groups in total. The van der Waals surface area contributed by atoms with Gasteiger partial charge in [-0.1, -0.05) is 0 Å². The smallest absolute Gasteiger partial charge is 0.238 e. The first-order chi connectivity index (χ1) is 6.25. The minimum absolute atomic E-state index is 0.0161. The fourth-order valence-electron chi connectivity index (χ4n) is 1.59. The Hall–Kier alpha value is -0.610. The third kappa shape index (κ3) is 2.97. The summed E-state index contributed by atoms with van der Waals surface area (Å²) in [5.74, 6) is 0.0590. The molecule has 0 bridgehead atoms. The molecule has 0 aromatic carbocycles. The average Bonchev–Trinajstić information content (AvgIpc) is 2.65. The number of amides is 1. The van der Waals surface area contributed by atoms with Crippen molar-refractivity contribution in [3.63, 3.8) is 0 Å². The van der Waals surface area contributed by atoms with E-state index in [1.807, 2.05) is 6.92 Å². The summed E-state index contributed by atoms with van der Waals surface area (Å²) < 4.78 is 4.77. The van der Waals surface area contributed by atoms with Crippen LogP contribution in [0.5, 0.6) is 0 Å². The van der Waals surface area contributed by atoms with Crippen LogP contribution in [0.1, 0.15) is 19.8 Å². The highest BCUT2D eigenvalue weighted by Crippen LogP contribution is 2.11. The van der Waals surface area contributed by atoms with Crippen molar-refractivity contribution >= 4 is 5.91 Å². The maximum atomic E-state index is 11.5. The number of carbonyl (C=O) groups excluding carboxylic acids is 1. The van der Waals surface area contributed by atoms with Crippen LogP contribution in [0, 0.1) is 0 Å². The van der Waals surface area contributed by atoms with E-state index in [2.05, 4.69) is 10.2 Å². The maximum absolute atomic E-state index is 11.5. The summed E-state index contributed by atoms with van der Waals surface area (Å²) in [6.45, 7) is 4.33. The summed E-state index contributed by atoms with van der Waals surface area (Å²) in [6, 6.07) is -0.0161. The largest absolute Gasteiger partial charge is 0.364 e. The van der Waals surface area contributed by atoms with E-state index in [9.17, 15) is 4.79 Å². The number of ether oxygens (including phenoxy) is 1. The van der Waals surface area contributed by atoms with E-state index in [1.165, 1.54) is 12.8 Å². The van der Waals surface area contributed by atoms with Gasteiger partial charge in [0, 0.05) is 7.11 Å².